The molecule has 92 valence electrons. The molecule has 0 aliphatic carbocycles. The molecule has 0 radical (unpaired) electrons. The third kappa shape index (κ3) is 2.94. The molecule has 1 aromatic heterocycles. The zero-order chi connectivity index (χ0) is 12.3. The van der Waals surface area contributed by atoms with Gasteiger partial charge in [0.15, 0.2) is 15.7 Å². The predicted molar refractivity (Wildman–Crippen MR) is 62.9 cm³/mol. The zero-order valence-corrected chi connectivity index (χ0v) is 10.7. The van der Waals surface area contributed by atoms with Gasteiger partial charge in [-0.1, -0.05) is 26.0 Å². The van der Waals surface area contributed by atoms with E-state index in [2.05, 4.69) is 10.3 Å². The van der Waals surface area contributed by atoms with Crippen molar-refractivity contribution in [2.24, 2.45) is 0 Å². The molecule has 0 saturated carbocycles. The van der Waals surface area contributed by atoms with E-state index in [-0.39, 0.29) is 17.4 Å². The highest BCUT2D eigenvalue weighted by atomic mass is 32.2. The van der Waals surface area contributed by atoms with E-state index >= 15 is 0 Å². The summed E-state index contributed by atoms with van der Waals surface area (Å²) in [5, 5.41) is 7.61. The average Bonchev–Trinajstić information content (AvgIpc) is 2.57. The largest absolute Gasteiger partial charge is 0.381 e. The summed E-state index contributed by atoms with van der Waals surface area (Å²) in [6, 6.07) is 0. The van der Waals surface area contributed by atoms with Gasteiger partial charge in [-0.05, 0) is 5.92 Å². The molecule has 0 saturated heterocycles. The minimum atomic E-state index is -2.98. The summed E-state index contributed by atoms with van der Waals surface area (Å²) < 4.78 is 24.3. The highest BCUT2D eigenvalue weighted by Gasteiger charge is 2.15. The number of nitrogen functional groups attached to an aromatic ring is 1. The number of rotatable bonds is 5. The van der Waals surface area contributed by atoms with Crippen LogP contribution in [0.2, 0.25) is 0 Å². The van der Waals surface area contributed by atoms with E-state index in [0.717, 1.165) is 5.69 Å². The van der Waals surface area contributed by atoms with Crippen molar-refractivity contribution in [1.29, 1.82) is 0 Å². The van der Waals surface area contributed by atoms with E-state index < -0.39 is 9.84 Å². The number of aromatic nitrogens is 3. The summed E-state index contributed by atoms with van der Waals surface area (Å²) in [5.41, 5.74) is 6.47. The summed E-state index contributed by atoms with van der Waals surface area (Å²) in [6.45, 7) is 5.89. The lowest BCUT2D eigenvalue weighted by molar-refractivity contribution is 0.557. The van der Waals surface area contributed by atoms with Gasteiger partial charge in [-0.3, -0.25) is 0 Å². The fraction of sp³-hybridized carbons (Fsp3) is 0.778. The fourth-order valence-corrected chi connectivity index (χ4v) is 2.20. The normalized spacial score (nSPS) is 12.2. The van der Waals surface area contributed by atoms with Crippen LogP contribution in [-0.4, -0.2) is 34.9 Å². The Morgan fingerprint density at radius 2 is 2.06 bits per heavy atom. The maximum absolute atomic E-state index is 11.4. The summed E-state index contributed by atoms with van der Waals surface area (Å²) in [5.74, 6) is 0.781. The Balaban J connectivity index is 2.83. The Hall–Kier alpha value is -1.11. The lowest BCUT2D eigenvalue weighted by Crippen LogP contribution is -2.17. The maximum Gasteiger partial charge on any atom is 0.169 e. The van der Waals surface area contributed by atoms with Crippen molar-refractivity contribution >= 4 is 15.7 Å². The standard InChI is InChI=1S/C9H18N4O2S/c1-4-16(14,15)6-5-13-8(7(2)3)9(10)11-12-13/h7H,4-6,10H2,1-3H3. The van der Waals surface area contributed by atoms with Crippen molar-refractivity contribution in [3.8, 4) is 0 Å². The molecule has 7 heteroatoms. The smallest absolute Gasteiger partial charge is 0.169 e. The molecule has 0 amide bonds. The van der Waals surface area contributed by atoms with E-state index in [1.165, 1.54) is 0 Å². The molecule has 2 N–H and O–H groups in total. The van der Waals surface area contributed by atoms with Crippen LogP contribution in [0.4, 0.5) is 5.82 Å². The van der Waals surface area contributed by atoms with Crippen LogP contribution in [0.5, 0.6) is 0 Å². The van der Waals surface area contributed by atoms with Crippen LogP contribution >= 0.6 is 0 Å². The molecule has 0 bridgehead atoms. The SMILES string of the molecule is CCS(=O)(=O)CCn1nnc(N)c1C(C)C. The first-order chi connectivity index (χ1) is 7.37. The molecule has 0 aromatic carbocycles. The van der Waals surface area contributed by atoms with Crippen LogP contribution in [0.1, 0.15) is 32.4 Å². The first kappa shape index (κ1) is 13.0. The van der Waals surface area contributed by atoms with Crippen LogP contribution in [0.15, 0.2) is 0 Å². The molecule has 0 aliphatic rings. The lowest BCUT2D eigenvalue weighted by Gasteiger charge is -2.09. The third-order valence-electron chi connectivity index (χ3n) is 2.40. The van der Waals surface area contributed by atoms with E-state index in [0.29, 0.717) is 12.4 Å². The Kier molecular flexibility index (Phi) is 3.90. The van der Waals surface area contributed by atoms with E-state index in [1.54, 1.807) is 11.6 Å². The summed E-state index contributed by atoms with van der Waals surface area (Å²) in [4.78, 5) is 0. The molecule has 1 aromatic rings. The monoisotopic (exact) mass is 246 g/mol. The Morgan fingerprint density at radius 1 is 1.44 bits per heavy atom. The van der Waals surface area contributed by atoms with Gasteiger partial charge in [-0.25, -0.2) is 13.1 Å². The van der Waals surface area contributed by atoms with Gasteiger partial charge >= 0.3 is 0 Å². The van der Waals surface area contributed by atoms with E-state index in [1.807, 2.05) is 13.8 Å². The van der Waals surface area contributed by atoms with Gasteiger partial charge in [0.25, 0.3) is 0 Å². The fourth-order valence-electron chi connectivity index (χ4n) is 1.46. The number of aryl methyl sites for hydroxylation is 1. The summed E-state index contributed by atoms with van der Waals surface area (Å²) >= 11 is 0. The predicted octanol–water partition coefficient (Wildman–Crippen LogP) is 0.418. The third-order valence-corrected chi connectivity index (χ3v) is 4.09. The van der Waals surface area contributed by atoms with Crippen LogP contribution in [0.25, 0.3) is 0 Å². The van der Waals surface area contributed by atoms with Gasteiger partial charge in [0.2, 0.25) is 0 Å². The van der Waals surface area contributed by atoms with Crippen molar-refractivity contribution in [3.63, 3.8) is 0 Å². The first-order valence-electron chi connectivity index (χ1n) is 5.26. The second-order valence-electron chi connectivity index (χ2n) is 3.97. The van der Waals surface area contributed by atoms with Crippen molar-refractivity contribution in [2.75, 3.05) is 17.2 Å². The Labute approximate surface area is 95.7 Å². The highest BCUT2D eigenvalue weighted by Crippen LogP contribution is 2.18. The molecule has 0 aliphatic heterocycles. The van der Waals surface area contributed by atoms with Crippen molar-refractivity contribution in [1.82, 2.24) is 15.0 Å². The first-order valence-corrected chi connectivity index (χ1v) is 7.08. The van der Waals surface area contributed by atoms with Gasteiger partial charge in [-0.15, -0.1) is 5.10 Å². The second kappa shape index (κ2) is 4.82. The van der Waals surface area contributed by atoms with Crippen LogP contribution in [0.3, 0.4) is 0 Å². The van der Waals surface area contributed by atoms with E-state index in [9.17, 15) is 8.42 Å². The molecule has 0 fully saturated rings. The van der Waals surface area contributed by atoms with Gasteiger partial charge in [0.05, 0.1) is 18.0 Å². The minimum Gasteiger partial charge on any atom is -0.381 e. The maximum atomic E-state index is 11.4. The molecule has 0 atom stereocenters. The molecule has 1 heterocycles. The average molecular weight is 246 g/mol. The molecule has 16 heavy (non-hydrogen) atoms. The number of anilines is 1. The van der Waals surface area contributed by atoms with Gasteiger partial charge in [0, 0.05) is 5.75 Å². The van der Waals surface area contributed by atoms with Gasteiger partial charge < -0.3 is 5.73 Å². The van der Waals surface area contributed by atoms with Crippen LogP contribution in [0, 0.1) is 0 Å². The number of sulfone groups is 1. The molecule has 0 spiro atoms. The second-order valence-corrected chi connectivity index (χ2v) is 6.45. The molecule has 0 unspecified atom stereocenters. The summed E-state index contributed by atoms with van der Waals surface area (Å²) in [6.07, 6.45) is 0. The topological polar surface area (TPSA) is 90.9 Å². The van der Waals surface area contributed by atoms with Gasteiger partial charge in [0.1, 0.15) is 0 Å². The van der Waals surface area contributed by atoms with Crippen molar-refractivity contribution in [3.05, 3.63) is 5.69 Å². The quantitative estimate of drug-likeness (QED) is 0.813. The zero-order valence-electron chi connectivity index (χ0n) is 9.84. The lowest BCUT2D eigenvalue weighted by atomic mass is 10.1. The molecule has 6 nitrogen and oxygen atoms in total. The number of hydrogen-bond donors (Lipinski definition) is 1. The van der Waals surface area contributed by atoms with E-state index in [4.69, 9.17) is 5.73 Å². The van der Waals surface area contributed by atoms with Gasteiger partial charge in [-0.2, -0.15) is 0 Å². The van der Waals surface area contributed by atoms with Crippen LogP contribution in [-0.2, 0) is 16.4 Å². The number of nitrogens with zero attached hydrogens (tertiary/aromatic N) is 3. The minimum absolute atomic E-state index is 0.0754. The molecule has 1 rings (SSSR count). The van der Waals surface area contributed by atoms with Crippen molar-refractivity contribution < 1.29 is 8.42 Å². The number of hydrogen-bond acceptors (Lipinski definition) is 5. The van der Waals surface area contributed by atoms with Crippen LogP contribution < -0.4 is 5.73 Å². The Bertz CT molecular complexity index is 450. The highest BCUT2D eigenvalue weighted by molar-refractivity contribution is 7.91. The summed E-state index contributed by atoms with van der Waals surface area (Å²) in [7, 11) is -2.98. The Morgan fingerprint density at radius 3 is 2.56 bits per heavy atom. The number of nitrogens with two attached hydrogens (primary N) is 1. The molecular formula is C9H18N4O2S. The molecular weight excluding hydrogens is 228 g/mol. The van der Waals surface area contributed by atoms with Crippen molar-refractivity contribution in [2.45, 2.75) is 33.2 Å².